The van der Waals surface area contributed by atoms with Crippen molar-refractivity contribution in [3.8, 4) is 5.75 Å². The smallest absolute Gasteiger partial charge is 0.262 e. The van der Waals surface area contributed by atoms with Crippen LogP contribution in [0.25, 0.3) is 0 Å². The van der Waals surface area contributed by atoms with Crippen molar-refractivity contribution in [1.82, 2.24) is 0 Å². The Labute approximate surface area is 128 Å². The molecule has 1 aliphatic rings. The minimum atomic E-state index is -0.0748. The number of carbonyl (C=O) groups excluding carboxylic acids is 1. The zero-order valence-corrected chi connectivity index (χ0v) is 14.1. The summed E-state index contributed by atoms with van der Waals surface area (Å²) in [5, 5.41) is 2.97. The Bertz CT molecular complexity index is 559. The van der Waals surface area contributed by atoms with Gasteiger partial charge in [-0.2, -0.15) is 0 Å². The number of nitrogens with one attached hydrogen (secondary N) is 1. The molecule has 0 unspecified atom stereocenters. The summed E-state index contributed by atoms with van der Waals surface area (Å²) in [6, 6.07) is 4.34. The lowest BCUT2D eigenvalue weighted by atomic mass is 9.75. The highest BCUT2D eigenvalue weighted by Crippen LogP contribution is 2.44. The van der Waals surface area contributed by atoms with E-state index < -0.39 is 0 Å². The van der Waals surface area contributed by atoms with Gasteiger partial charge in [-0.05, 0) is 35.3 Å². The van der Waals surface area contributed by atoms with Gasteiger partial charge in [0, 0.05) is 5.56 Å². The molecule has 2 rings (SSSR count). The van der Waals surface area contributed by atoms with E-state index in [1.165, 1.54) is 11.1 Å². The molecule has 0 aromatic heterocycles. The molecule has 0 atom stereocenters. The second-order valence-corrected chi connectivity index (χ2v) is 7.21. The van der Waals surface area contributed by atoms with Crippen LogP contribution in [0.15, 0.2) is 12.1 Å². The number of rotatable bonds is 4. The predicted molar refractivity (Wildman–Crippen MR) is 87.2 cm³/mol. The molecule has 21 heavy (non-hydrogen) atoms. The summed E-state index contributed by atoms with van der Waals surface area (Å²) >= 11 is 0. The molecule has 1 aromatic carbocycles. The van der Waals surface area contributed by atoms with Crippen LogP contribution in [0.5, 0.6) is 5.75 Å². The van der Waals surface area contributed by atoms with Crippen molar-refractivity contribution in [1.29, 1.82) is 0 Å². The first kappa shape index (κ1) is 15.9. The average molecular weight is 289 g/mol. The standard InChI is InChI=1S/C18H27NO2/c1-7-17(3,4)12-9-13(18(5,6)8-2)16-14(10-12)19-15(20)11-21-16/h9-10H,7-8,11H2,1-6H3,(H,19,20). The summed E-state index contributed by atoms with van der Waals surface area (Å²) in [7, 11) is 0. The van der Waals surface area contributed by atoms with E-state index in [0.29, 0.717) is 0 Å². The Morgan fingerprint density at radius 1 is 1.10 bits per heavy atom. The van der Waals surface area contributed by atoms with Gasteiger partial charge in [-0.15, -0.1) is 0 Å². The number of hydrogen-bond acceptors (Lipinski definition) is 2. The fraction of sp³-hybridized carbons (Fsp3) is 0.611. The molecule has 0 aliphatic carbocycles. The van der Waals surface area contributed by atoms with Crippen LogP contribution in [0.2, 0.25) is 0 Å². The highest BCUT2D eigenvalue weighted by molar-refractivity contribution is 5.96. The fourth-order valence-electron chi connectivity index (χ4n) is 2.49. The predicted octanol–water partition coefficient (Wildman–Crippen LogP) is 4.39. The number of fused-ring (bicyclic) bond motifs is 1. The van der Waals surface area contributed by atoms with Crippen molar-refractivity contribution in [3.63, 3.8) is 0 Å². The maximum atomic E-state index is 11.7. The molecule has 0 saturated heterocycles. The van der Waals surface area contributed by atoms with E-state index in [4.69, 9.17) is 4.74 Å². The number of benzene rings is 1. The van der Waals surface area contributed by atoms with Crippen LogP contribution in [-0.4, -0.2) is 12.5 Å². The Morgan fingerprint density at radius 2 is 1.71 bits per heavy atom. The number of amides is 1. The number of anilines is 1. The monoisotopic (exact) mass is 289 g/mol. The minimum Gasteiger partial charge on any atom is -0.481 e. The van der Waals surface area contributed by atoms with Gasteiger partial charge in [-0.3, -0.25) is 4.79 Å². The van der Waals surface area contributed by atoms with Gasteiger partial charge < -0.3 is 10.1 Å². The van der Waals surface area contributed by atoms with Crippen molar-refractivity contribution in [3.05, 3.63) is 23.3 Å². The molecule has 0 bridgehead atoms. The molecule has 0 spiro atoms. The molecule has 0 radical (unpaired) electrons. The van der Waals surface area contributed by atoms with Crippen molar-refractivity contribution in [2.24, 2.45) is 0 Å². The van der Waals surface area contributed by atoms with E-state index in [1.54, 1.807) is 0 Å². The topological polar surface area (TPSA) is 38.3 Å². The van der Waals surface area contributed by atoms with Gasteiger partial charge in [0.1, 0.15) is 5.75 Å². The molecule has 1 aliphatic heterocycles. The van der Waals surface area contributed by atoms with Gasteiger partial charge in [0.05, 0.1) is 5.69 Å². The molecular formula is C18H27NO2. The summed E-state index contributed by atoms with van der Waals surface area (Å²) in [5.74, 6) is 0.770. The normalized spacial score (nSPS) is 15.2. The SMILES string of the molecule is CCC(C)(C)c1cc2c(c(C(C)(C)CC)c1)OCC(=O)N2. The van der Waals surface area contributed by atoms with E-state index in [1.807, 2.05) is 0 Å². The Hall–Kier alpha value is -1.51. The van der Waals surface area contributed by atoms with E-state index in [2.05, 4.69) is 59.0 Å². The third-order valence-electron chi connectivity index (χ3n) is 4.99. The van der Waals surface area contributed by atoms with Gasteiger partial charge in [0.15, 0.2) is 6.61 Å². The van der Waals surface area contributed by atoms with Crippen molar-refractivity contribution >= 4 is 11.6 Å². The molecule has 0 saturated carbocycles. The van der Waals surface area contributed by atoms with Crippen LogP contribution in [0.1, 0.15) is 65.5 Å². The number of hydrogen-bond donors (Lipinski definition) is 1. The van der Waals surface area contributed by atoms with Crippen LogP contribution >= 0.6 is 0 Å². The average Bonchev–Trinajstić information content (AvgIpc) is 2.45. The van der Waals surface area contributed by atoms with Crippen LogP contribution in [0.4, 0.5) is 5.69 Å². The summed E-state index contributed by atoms with van der Waals surface area (Å²) in [5.41, 5.74) is 3.37. The minimum absolute atomic E-state index is 0.0198. The Morgan fingerprint density at radius 3 is 2.29 bits per heavy atom. The zero-order chi connectivity index (χ0) is 15.8. The molecule has 0 fully saturated rings. The highest BCUT2D eigenvalue weighted by Gasteiger charge is 2.31. The number of carbonyl (C=O) groups is 1. The zero-order valence-electron chi connectivity index (χ0n) is 14.1. The Kier molecular flexibility index (Phi) is 4.05. The van der Waals surface area contributed by atoms with E-state index in [9.17, 15) is 4.79 Å². The lowest BCUT2D eigenvalue weighted by molar-refractivity contribution is -0.118. The summed E-state index contributed by atoms with van der Waals surface area (Å²) in [4.78, 5) is 11.7. The summed E-state index contributed by atoms with van der Waals surface area (Å²) < 4.78 is 5.74. The maximum absolute atomic E-state index is 11.7. The maximum Gasteiger partial charge on any atom is 0.262 e. The first-order chi connectivity index (χ1) is 9.71. The van der Waals surface area contributed by atoms with Gasteiger partial charge in [0.2, 0.25) is 0 Å². The van der Waals surface area contributed by atoms with E-state index in [-0.39, 0.29) is 23.3 Å². The quantitative estimate of drug-likeness (QED) is 0.892. The highest BCUT2D eigenvalue weighted by atomic mass is 16.5. The molecule has 3 nitrogen and oxygen atoms in total. The third-order valence-corrected chi connectivity index (χ3v) is 4.99. The number of ether oxygens (including phenoxy) is 1. The van der Waals surface area contributed by atoms with Crippen molar-refractivity contribution in [2.45, 2.75) is 65.2 Å². The van der Waals surface area contributed by atoms with Crippen LogP contribution in [-0.2, 0) is 15.6 Å². The first-order valence-electron chi connectivity index (χ1n) is 7.83. The van der Waals surface area contributed by atoms with Gasteiger partial charge >= 0.3 is 0 Å². The van der Waals surface area contributed by atoms with Crippen LogP contribution < -0.4 is 10.1 Å². The van der Waals surface area contributed by atoms with Crippen molar-refractivity contribution < 1.29 is 9.53 Å². The summed E-state index contributed by atoms with van der Waals surface area (Å²) in [6.45, 7) is 13.4. The second-order valence-electron chi connectivity index (χ2n) is 7.21. The Balaban J connectivity index is 2.65. The largest absolute Gasteiger partial charge is 0.481 e. The molecule has 116 valence electrons. The fourth-order valence-corrected chi connectivity index (χ4v) is 2.49. The molecule has 1 amide bonds. The summed E-state index contributed by atoms with van der Waals surface area (Å²) in [6.07, 6.45) is 2.07. The molecule has 3 heteroatoms. The van der Waals surface area contributed by atoms with Crippen molar-refractivity contribution in [2.75, 3.05) is 11.9 Å². The van der Waals surface area contributed by atoms with Gasteiger partial charge in [-0.1, -0.05) is 47.6 Å². The van der Waals surface area contributed by atoms with Crippen LogP contribution in [0, 0.1) is 0 Å². The van der Waals surface area contributed by atoms with Gasteiger partial charge in [0.25, 0.3) is 5.91 Å². The van der Waals surface area contributed by atoms with Gasteiger partial charge in [-0.25, -0.2) is 0 Å². The molecule has 1 aromatic rings. The van der Waals surface area contributed by atoms with E-state index >= 15 is 0 Å². The third kappa shape index (κ3) is 2.92. The molecular weight excluding hydrogens is 262 g/mol. The van der Waals surface area contributed by atoms with E-state index in [0.717, 1.165) is 24.3 Å². The van der Waals surface area contributed by atoms with Crippen LogP contribution in [0.3, 0.4) is 0 Å². The molecule has 1 N–H and O–H groups in total. The molecule has 1 heterocycles. The lowest BCUT2D eigenvalue weighted by Gasteiger charge is -2.33. The lowest BCUT2D eigenvalue weighted by Crippen LogP contribution is -2.29. The first-order valence-corrected chi connectivity index (χ1v) is 7.83. The second kappa shape index (κ2) is 5.36.